The normalized spacial score (nSPS) is 12.8. The maximum atomic E-state index is 12.4. The molecule has 25 heavy (non-hydrogen) atoms. The minimum absolute atomic E-state index is 0.100. The highest BCUT2D eigenvalue weighted by molar-refractivity contribution is 6.30. The van der Waals surface area contributed by atoms with Gasteiger partial charge in [0.1, 0.15) is 18.1 Å². The average Bonchev–Trinajstić information content (AvgIpc) is 2.65. The molecule has 0 saturated heterocycles. The number of carbonyl (C=O) groups excluding carboxylic acids is 2. The molecule has 0 radical (unpaired) electrons. The van der Waals surface area contributed by atoms with E-state index in [0.29, 0.717) is 35.4 Å². The Bertz CT molecular complexity index is 764. The molecule has 2 amide bonds. The molecule has 7 heteroatoms. The van der Waals surface area contributed by atoms with E-state index in [9.17, 15) is 9.59 Å². The third-order valence-electron chi connectivity index (χ3n) is 3.65. The van der Waals surface area contributed by atoms with E-state index in [1.807, 2.05) is 24.3 Å². The summed E-state index contributed by atoms with van der Waals surface area (Å²) >= 11 is 5.78. The molecule has 0 aliphatic carbocycles. The number of hydrogen-bond acceptors (Lipinski definition) is 4. The Morgan fingerprint density at radius 3 is 2.72 bits per heavy atom. The lowest BCUT2D eigenvalue weighted by Crippen LogP contribution is -2.44. The second-order valence-corrected chi connectivity index (χ2v) is 5.82. The first kappa shape index (κ1) is 17.1. The lowest BCUT2D eigenvalue weighted by atomic mass is 10.2. The van der Waals surface area contributed by atoms with Gasteiger partial charge in [0.25, 0.3) is 5.91 Å². The molecule has 1 N–H and O–H groups in total. The number of fused-ring (bicyclic) bond motifs is 1. The number of halogens is 1. The smallest absolute Gasteiger partial charge is 0.258 e. The molecule has 0 fully saturated rings. The average molecular weight is 361 g/mol. The molecule has 0 atom stereocenters. The van der Waals surface area contributed by atoms with Gasteiger partial charge in [0, 0.05) is 5.02 Å². The van der Waals surface area contributed by atoms with Crippen LogP contribution in [0.3, 0.4) is 0 Å². The first-order valence-electron chi connectivity index (χ1n) is 7.81. The molecule has 0 spiro atoms. The van der Waals surface area contributed by atoms with Crippen LogP contribution in [0.1, 0.15) is 0 Å². The van der Waals surface area contributed by atoms with Crippen LogP contribution < -0.4 is 19.7 Å². The third-order valence-corrected chi connectivity index (χ3v) is 3.90. The van der Waals surface area contributed by atoms with E-state index in [-0.39, 0.29) is 25.0 Å². The van der Waals surface area contributed by atoms with Gasteiger partial charge in [0.15, 0.2) is 6.61 Å². The number of carbonyl (C=O) groups is 2. The number of anilines is 1. The van der Waals surface area contributed by atoms with Crippen molar-refractivity contribution in [2.24, 2.45) is 0 Å². The fraction of sp³-hybridized carbons (Fsp3) is 0.222. The topological polar surface area (TPSA) is 67.9 Å². The molecular weight excluding hydrogens is 344 g/mol. The number of nitrogens with zero attached hydrogens (tertiary/aromatic N) is 1. The molecule has 6 nitrogen and oxygen atoms in total. The number of nitrogens with one attached hydrogen (secondary N) is 1. The second-order valence-electron chi connectivity index (χ2n) is 5.38. The Hall–Kier alpha value is -2.73. The Morgan fingerprint density at radius 1 is 1.16 bits per heavy atom. The van der Waals surface area contributed by atoms with Gasteiger partial charge in [-0.05, 0) is 36.4 Å². The molecular formula is C18H17ClN2O4. The van der Waals surface area contributed by atoms with Gasteiger partial charge in [-0.1, -0.05) is 23.7 Å². The zero-order valence-corrected chi connectivity index (χ0v) is 14.2. The molecule has 0 unspecified atom stereocenters. The SMILES string of the molecule is O=C(COc1ccc(Cl)cc1)NCC(=O)N1CCOc2ccccc21. The number of para-hydroxylation sites is 2. The van der Waals surface area contributed by atoms with E-state index in [4.69, 9.17) is 21.1 Å². The van der Waals surface area contributed by atoms with Gasteiger partial charge in [-0.2, -0.15) is 0 Å². The van der Waals surface area contributed by atoms with Crippen molar-refractivity contribution in [3.05, 3.63) is 53.6 Å². The van der Waals surface area contributed by atoms with Crippen molar-refractivity contribution in [3.63, 3.8) is 0 Å². The summed E-state index contributed by atoms with van der Waals surface area (Å²) in [7, 11) is 0. The second kappa shape index (κ2) is 7.90. The predicted molar refractivity (Wildman–Crippen MR) is 94.2 cm³/mol. The Labute approximate surface area is 150 Å². The Kier molecular flexibility index (Phi) is 5.40. The van der Waals surface area contributed by atoms with Crippen molar-refractivity contribution >= 4 is 29.1 Å². The lowest BCUT2D eigenvalue weighted by Gasteiger charge is -2.29. The van der Waals surface area contributed by atoms with Crippen LogP contribution in [0.4, 0.5) is 5.69 Å². The summed E-state index contributed by atoms with van der Waals surface area (Å²) in [6, 6.07) is 14.0. The Morgan fingerprint density at radius 2 is 1.92 bits per heavy atom. The van der Waals surface area contributed by atoms with Crippen LogP contribution in [0.5, 0.6) is 11.5 Å². The van der Waals surface area contributed by atoms with E-state index in [2.05, 4.69) is 5.32 Å². The van der Waals surface area contributed by atoms with E-state index >= 15 is 0 Å². The van der Waals surface area contributed by atoms with Crippen LogP contribution in [-0.4, -0.2) is 38.1 Å². The van der Waals surface area contributed by atoms with E-state index in [0.717, 1.165) is 0 Å². The summed E-state index contributed by atoms with van der Waals surface area (Å²) < 4.78 is 10.9. The van der Waals surface area contributed by atoms with Gasteiger partial charge in [-0.25, -0.2) is 0 Å². The van der Waals surface area contributed by atoms with Gasteiger partial charge in [-0.3, -0.25) is 9.59 Å². The van der Waals surface area contributed by atoms with Crippen LogP contribution in [0.25, 0.3) is 0 Å². The summed E-state index contributed by atoms with van der Waals surface area (Å²) in [4.78, 5) is 25.8. The van der Waals surface area contributed by atoms with Crippen molar-refractivity contribution < 1.29 is 19.1 Å². The standard InChI is InChI=1S/C18H17ClN2O4/c19-13-5-7-14(8-6-13)25-12-17(22)20-11-18(23)21-9-10-24-16-4-2-1-3-15(16)21/h1-8H,9-12H2,(H,20,22). The number of benzene rings is 2. The zero-order valence-electron chi connectivity index (χ0n) is 13.4. The highest BCUT2D eigenvalue weighted by Crippen LogP contribution is 2.30. The molecule has 0 bridgehead atoms. The summed E-state index contributed by atoms with van der Waals surface area (Å²) in [6.07, 6.45) is 0. The summed E-state index contributed by atoms with van der Waals surface area (Å²) in [5, 5.41) is 3.16. The number of hydrogen-bond donors (Lipinski definition) is 1. The van der Waals surface area contributed by atoms with Crippen LogP contribution >= 0.6 is 11.6 Å². The van der Waals surface area contributed by atoms with Crippen molar-refractivity contribution in [1.29, 1.82) is 0 Å². The number of rotatable bonds is 5. The largest absolute Gasteiger partial charge is 0.490 e. The van der Waals surface area contributed by atoms with Crippen LogP contribution in [0.2, 0.25) is 5.02 Å². The minimum Gasteiger partial charge on any atom is -0.490 e. The van der Waals surface area contributed by atoms with Crippen LogP contribution in [0, 0.1) is 0 Å². The van der Waals surface area contributed by atoms with Crippen LogP contribution in [-0.2, 0) is 9.59 Å². The van der Waals surface area contributed by atoms with E-state index in [1.54, 1.807) is 29.2 Å². The quantitative estimate of drug-likeness (QED) is 0.888. The molecule has 130 valence electrons. The maximum absolute atomic E-state index is 12.4. The third kappa shape index (κ3) is 4.42. The molecule has 1 heterocycles. The maximum Gasteiger partial charge on any atom is 0.258 e. The predicted octanol–water partition coefficient (Wildman–Crippen LogP) is 2.26. The number of ether oxygens (including phenoxy) is 2. The summed E-state index contributed by atoms with van der Waals surface area (Å²) in [5.41, 5.74) is 0.713. The van der Waals surface area contributed by atoms with Gasteiger partial charge >= 0.3 is 0 Å². The van der Waals surface area contributed by atoms with Crippen molar-refractivity contribution in [1.82, 2.24) is 5.32 Å². The number of amides is 2. The molecule has 1 aliphatic heterocycles. The van der Waals surface area contributed by atoms with Crippen molar-refractivity contribution in [2.45, 2.75) is 0 Å². The van der Waals surface area contributed by atoms with Gasteiger partial charge in [-0.15, -0.1) is 0 Å². The van der Waals surface area contributed by atoms with Crippen molar-refractivity contribution in [2.75, 3.05) is 31.2 Å². The van der Waals surface area contributed by atoms with E-state index in [1.165, 1.54) is 0 Å². The molecule has 0 saturated carbocycles. The summed E-state index contributed by atoms with van der Waals surface area (Å²) in [6.45, 7) is 0.606. The highest BCUT2D eigenvalue weighted by Gasteiger charge is 2.23. The molecule has 3 rings (SSSR count). The monoisotopic (exact) mass is 360 g/mol. The molecule has 2 aromatic rings. The van der Waals surface area contributed by atoms with Gasteiger partial charge in [0.2, 0.25) is 5.91 Å². The first-order chi connectivity index (χ1) is 12.1. The minimum atomic E-state index is -0.371. The van der Waals surface area contributed by atoms with E-state index < -0.39 is 0 Å². The Balaban J connectivity index is 1.49. The molecule has 0 aromatic heterocycles. The highest BCUT2D eigenvalue weighted by atomic mass is 35.5. The van der Waals surface area contributed by atoms with Gasteiger partial charge in [0.05, 0.1) is 18.8 Å². The lowest BCUT2D eigenvalue weighted by molar-refractivity contribution is -0.126. The van der Waals surface area contributed by atoms with Gasteiger partial charge < -0.3 is 19.7 Å². The van der Waals surface area contributed by atoms with Crippen LogP contribution in [0.15, 0.2) is 48.5 Å². The molecule has 1 aliphatic rings. The fourth-order valence-electron chi connectivity index (χ4n) is 2.43. The molecule has 2 aromatic carbocycles. The fourth-order valence-corrected chi connectivity index (χ4v) is 2.55. The first-order valence-corrected chi connectivity index (χ1v) is 8.18. The zero-order chi connectivity index (χ0) is 17.6. The summed E-state index contributed by atoms with van der Waals surface area (Å²) in [5.74, 6) is 0.632. The van der Waals surface area contributed by atoms with Crippen molar-refractivity contribution in [3.8, 4) is 11.5 Å².